The second-order valence-corrected chi connectivity index (χ2v) is 6.47. The van der Waals surface area contributed by atoms with E-state index in [1.807, 2.05) is 28.3 Å². The average molecular weight is 391 g/mol. The summed E-state index contributed by atoms with van der Waals surface area (Å²) >= 11 is 13.9. The highest BCUT2D eigenvalue weighted by atomic mass is 35.5. The van der Waals surface area contributed by atoms with Crippen LogP contribution in [-0.4, -0.2) is 14.5 Å². The zero-order valence-electron chi connectivity index (χ0n) is 11.9. The van der Waals surface area contributed by atoms with Crippen molar-refractivity contribution in [3.63, 3.8) is 0 Å². The molecule has 0 saturated heterocycles. The van der Waals surface area contributed by atoms with E-state index in [1.165, 1.54) is 0 Å². The summed E-state index contributed by atoms with van der Waals surface area (Å²) in [5.74, 6) is 0. The minimum Gasteiger partial charge on any atom is -0.364 e. The molecule has 0 aliphatic carbocycles. The molecule has 0 aliphatic heterocycles. The molecule has 4 nitrogen and oxygen atoms in total. The summed E-state index contributed by atoms with van der Waals surface area (Å²) in [5, 5.41) is 4.06. The predicted molar refractivity (Wildman–Crippen MR) is 95.6 cm³/mol. The van der Waals surface area contributed by atoms with E-state index in [1.54, 1.807) is 36.1 Å². The molecule has 1 atom stereocenters. The van der Waals surface area contributed by atoms with Gasteiger partial charge in [0.2, 0.25) is 0 Å². The van der Waals surface area contributed by atoms with E-state index in [2.05, 4.69) is 9.97 Å². The number of ether oxygens (including phenoxy) is 1. The first-order chi connectivity index (χ1) is 10.7. The Labute approximate surface area is 154 Å². The van der Waals surface area contributed by atoms with Gasteiger partial charge in [0.05, 0.1) is 19.5 Å². The Morgan fingerprint density at radius 2 is 2.13 bits per heavy atom. The topological polar surface area (TPSA) is 39.9 Å². The summed E-state index contributed by atoms with van der Waals surface area (Å²) in [5.41, 5.74) is 0.899. The fourth-order valence-electron chi connectivity index (χ4n) is 2.09. The molecular formula is C15H14Cl3N3OS. The van der Waals surface area contributed by atoms with E-state index in [0.29, 0.717) is 23.2 Å². The number of thiazole rings is 1. The minimum atomic E-state index is -0.206. The van der Waals surface area contributed by atoms with Crippen LogP contribution in [0.15, 0.2) is 48.5 Å². The van der Waals surface area contributed by atoms with Crippen LogP contribution in [0.1, 0.15) is 16.7 Å². The zero-order valence-corrected chi connectivity index (χ0v) is 15.1. The maximum atomic E-state index is 6.32. The number of halogens is 3. The Morgan fingerprint density at radius 3 is 2.78 bits per heavy atom. The molecule has 0 N–H and O–H groups in total. The largest absolute Gasteiger partial charge is 0.364 e. The van der Waals surface area contributed by atoms with Gasteiger partial charge in [0.15, 0.2) is 0 Å². The first-order valence-corrected chi connectivity index (χ1v) is 8.26. The molecule has 1 aromatic carbocycles. The molecule has 1 unspecified atom stereocenters. The normalized spacial score (nSPS) is 11.9. The van der Waals surface area contributed by atoms with Crippen molar-refractivity contribution in [2.45, 2.75) is 19.3 Å². The van der Waals surface area contributed by atoms with Crippen molar-refractivity contribution in [1.29, 1.82) is 0 Å². The average Bonchev–Trinajstić information content (AvgIpc) is 3.17. The van der Waals surface area contributed by atoms with Gasteiger partial charge >= 0.3 is 0 Å². The van der Waals surface area contributed by atoms with Crippen LogP contribution in [0.5, 0.6) is 0 Å². The van der Waals surface area contributed by atoms with Gasteiger partial charge in [0.1, 0.15) is 11.1 Å². The number of imidazole rings is 1. The van der Waals surface area contributed by atoms with E-state index >= 15 is 0 Å². The van der Waals surface area contributed by atoms with Crippen molar-refractivity contribution in [2.24, 2.45) is 0 Å². The Bertz CT molecular complexity index is 720. The van der Waals surface area contributed by atoms with Gasteiger partial charge < -0.3 is 9.30 Å². The van der Waals surface area contributed by atoms with Gasteiger partial charge in [-0.1, -0.05) is 29.3 Å². The van der Waals surface area contributed by atoms with Crippen LogP contribution in [-0.2, 0) is 17.9 Å². The lowest BCUT2D eigenvalue weighted by molar-refractivity contribution is 0.0279. The molecule has 2 aromatic heterocycles. The van der Waals surface area contributed by atoms with Crippen molar-refractivity contribution in [3.8, 4) is 0 Å². The van der Waals surface area contributed by atoms with Gasteiger partial charge in [0.25, 0.3) is 0 Å². The summed E-state index contributed by atoms with van der Waals surface area (Å²) in [7, 11) is 0. The van der Waals surface area contributed by atoms with E-state index in [9.17, 15) is 0 Å². The molecule has 0 saturated carbocycles. The molecule has 0 amide bonds. The van der Waals surface area contributed by atoms with Crippen LogP contribution >= 0.6 is 46.9 Å². The second kappa shape index (κ2) is 8.66. The standard InChI is InChI=1S/C15H13Cl2N3OS.ClH/c16-11-1-2-12(13(17)7-11)14(8-20-5-3-18-10-20)21-9-15-19-4-6-22-15;/h1-7,10,14H,8-9H2;1H. The Kier molecular flexibility index (Phi) is 6.87. The molecule has 8 heteroatoms. The molecule has 3 aromatic rings. The third-order valence-corrected chi connectivity index (χ3v) is 4.45. The van der Waals surface area contributed by atoms with Gasteiger partial charge in [-0.2, -0.15) is 0 Å². The summed E-state index contributed by atoms with van der Waals surface area (Å²) in [6.07, 6.45) is 6.95. The molecule has 0 aliphatic rings. The van der Waals surface area contributed by atoms with Gasteiger partial charge in [0, 0.05) is 39.6 Å². The number of aromatic nitrogens is 3. The minimum absolute atomic E-state index is 0. The lowest BCUT2D eigenvalue weighted by atomic mass is 10.1. The van der Waals surface area contributed by atoms with E-state index in [-0.39, 0.29) is 18.5 Å². The van der Waals surface area contributed by atoms with E-state index < -0.39 is 0 Å². The predicted octanol–water partition coefficient (Wildman–Crippen LogP) is 5.03. The number of nitrogens with zero attached hydrogens (tertiary/aromatic N) is 3. The fourth-order valence-corrected chi connectivity index (χ4v) is 3.15. The molecule has 0 spiro atoms. The van der Waals surface area contributed by atoms with Gasteiger partial charge in [-0.15, -0.1) is 23.7 Å². The highest BCUT2D eigenvalue weighted by Gasteiger charge is 2.17. The number of hydrogen-bond acceptors (Lipinski definition) is 4. The number of hydrogen-bond donors (Lipinski definition) is 0. The van der Waals surface area contributed by atoms with Crippen molar-refractivity contribution in [1.82, 2.24) is 14.5 Å². The molecule has 23 heavy (non-hydrogen) atoms. The van der Waals surface area contributed by atoms with Crippen LogP contribution in [0.4, 0.5) is 0 Å². The van der Waals surface area contributed by atoms with Crippen LogP contribution in [0.25, 0.3) is 0 Å². The van der Waals surface area contributed by atoms with Crippen LogP contribution in [0.3, 0.4) is 0 Å². The second-order valence-electron chi connectivity index (χ2n) is 4.65. The SMILES string of the molecule is Cl.Clc1ccc(C(Cn2ccnc2)OCc2nccs2)c(Cl)c1. The lowest BCUT2D eigenvalue weighted by Gasteiger charge is -2.19. The fraction of sp³-hybridized carbons (Fsp3) is 0.200. The van der Waals surface area contributed by atoms with Crippen LogP contribution in [0, 0.1) is 0 Å². The zero-order chi connectivity index (χ0) is 15.4. The Hall–Kier alpha value is -1.11. The summed E-state index contributed by atoms with van der Waals surface area (Å²) in [6, 6.07) is 5.44. The van der Waals surface area contributed by atoms with Gasteiger partial charge in [-0.3, -0.25) is 0 Å². The maximum Gasteiger partial charge on any atom is 0.118 e. The third-order valence-electron chi connectivity index (χ3n) is 3.14. The van der Waals surface area contributed by atoms with Crippen molar-refractivity contribution in [2.75, 3.05) is 0 Å². The Balaban J connectivity index is 0.00000192. The monoisotopic (exact) mass is 389 g/mol. The first kappa shape index (κ1) is 18.2. The molecule has 2 heterocycles. The highest BCUT2D eigenvalue weighted by molar-refractivity contribution is 7.09. The quantitative estimate of drug-likeness (QED) is 0.593. The van der Waals surface area contributed by atoms with Crippen molar-refractivity contribution >= 4 is 46.9 Å². The van der Waals surface area contributed by atoms with E-state index in [0.717, 1.165) is 10.6 Å². The molecule has 122 valence electrons. The molecule has 3 rings (SSSR count). The third kappa shape index (κ3) is 4.93. The molecule has 0 radical (unpaired) electrons. The van der Waals surface area contributed by atoms with Crippen LogP contribution in [0.2, 0.25) is 10.0 Å². The Morgan fingerprint density at radius 1 is 1.26 bits per heavy atom. The summed E-state index contributed by atoms with van der Waals surface area (Å²) in [6.45, 7) is 1.06. The van der Waals surface area contributed by atoms with Crippen molar-refractivity contribution < 1.29 is 4.74 Å². The lowest BCUT2D eigenvalue weighted by Crippen LogP contribution is -2.12. The molecular weight excluding hydrogens is 377 g/mol. The number of rotatable bonds is 6. The summed E-state index contributed by atoms with van der Waals surface area (Å²) < 4.78 is 7.99. The van der Waals surface area contributed by atoms with Crippen molar-refractivity contribution in [3.05, 3.63) is 69.1 Å². The van der Waals surface area contributed by atoms with E-state index in [4.69, 9.17) is 27.9 Å². The summed E-state index contributed by atoms with van der Waals surface area (Å²) in [4.78, 5) is 8.29. The smallest absolute Gasteiger partial charge is 0.118 e. The highest BCUT2D eigenvalue weighted by Crippen LogP contribution is 2.30. The molecule has 0 bridgehead atoms. The number of benzene rings is 1. The maximum absolute atomic E-state index is 6.32. The first-order valence-electron chi connectivity index (χ1n) is 6.63. The van der Waals surface area contributed by atoms with Gasteiger partial charge in [-0.25, -0.2) is 9.97 Å². The van der Waals surface area contributed by atoms with Crippen LogP contribution < -0.4 is 0 Å². The van der Waals surface area contributed by atoms with Gasteiger partial charge in [-0.05, 0) is 12.1 Å². The molecule has 0 fully saturated rings.